The van der Waals surface area contributed by atoms with Gasteiger partial charge in [0.15, 0.2) is 11.6 Å². The summed E-state index contributed by atoms with van der Waals surface area (Å²) in [7, 11) is 0. The molecule has 0 aromatic carbocycles. The van der Waals surface area contributed by atoms with Crippen LogP contribution >= 0.6 is 0 Å². The number of nitrogens with two attached hydrogens (primary N) is 1. The highest BCUT2D eigenvalue weighted by Crippen LogP contribution is 2.36. The van der Waals surface area contributed by atoms with Gasteiger partial charge in [0.25, 0.3) is 0 Å². The Morgan fingerprint density at radius 1 is 1.38 bits per heavy atom. The molecule has 0 saturated carbocycles. The first-order valence-corrected chi connectivity index (χ1v) is 4.60. The zero-order chi connectivity index (χ0) is 11.9. The zero-order valence-electron chi connectivity index (χ0n) is 8.13. The van der Waals surface area contributed by atoms with Gasteiger partial charge >= 0.3 is 6.18 Å². The summed E-state index contributed by atoms with van der Waals surface area (Å²) in [5, 5.41) is 0. The van der Waals surface area contributed by atoms with Crippen molar-refractivity contribution in [2.45, 2.75) is 6.18 Å². The SMILES string of the molecule is Nc1cnc(N2CC(C(F)(F)F)C2)c(F)c1. The van der Waals surface area contributed by atoms with Crippen molar-refractivity contribution in [3.8, 4) is 0 Å². The highest BCUT2D eigenvalue weighted by molar-refractivity contribution is 5.49. The summed E-state index contributed by atoms with van der Waals surface area (Å²) in [4.78, 5) is 4.92. The Morgan fingerprint density at radius 3 is 2.50 bits per heavy atom. The largest absolute Gasteiger partial charge is 0.397 e. The molecule has 0 spiro atoms. The number of halogens is 4. The molecule has 0 aliphatic carbocycles. The van der Waals surface area contributed by atoms with Gasteiger partial charge in [-0.3, -0.25) is 0 Å². The van der Waals surface area contributed by atoms with Crippen molar-refractivity contribution in [3.63, 3.8) is 0 Å². The molecule has 1 fully saturated rings. The van der Waals surface area contributed by atoms with E-state index in [1.807, 2.05) is 0 Å². The molecule has 2 heterocycles. The van der Waals surface area contributed by atoms with Gasteiger partial charge in [-0.2, -0.15) is 13.2 Å². The predicted molar refractivity (Wildman–Crippen MR) is 50.4 cm³/mol. The van der Waals surface area contributed by atoms with E-state index < -0.39 is 17.9 Å². The molecule has 0 radical (unpaired) electrons. The first kappa shape index (κ1) is 11.0. The maximum atomic E-state index is 13.3. The van der Waals surface area contributed by atoms with E-state index in [1.165, 1.54) is 11.1 Å². The fourth-order valence-corrected chi connectivity index (χ4v) is 1.54. The van der Waals surface area contributed by atoms with Crippen LogP contribution in [0.5, 0.6) is 0 Å². The minimum Gasteiger partial charge on any atom is -0.397 e. The van der Waals surface area contributed by atoms with Gasteiger partial charge in [0.2, 0.25) is 0 Å². The van der Waals surface area contributed by atoms with Gasteiger partial charge < -0.3 is 10.6 Å². The van der Waals surface area contributed by atoms with Crippen LogP contribution in [0.2, 0.25) is 0 Å². The predicted octanol–water partition coefficient (Wildman–Crippen LogP) is 1.80. The molecular weight excluding hydrogens is 226 g/mol. The second-order valence-corrected chi connectivity index (χ2v) is 3.72. The molecule has 2 rings (SSSR count). The van der Waals surface area contributed by atoms with Crippen LogP contribution in [0.4, 0.5) is 29.1 Å². The van der Waals surface area contributed by atoms with E-state index in [0.29, 0.717) is 0 Å². The van der Waals surface area contributed by atoms with Gasteiger partial charge in [-0.15, -0.1) is 0 Å². The van der Waals surface area contributed by atoms with Crippen molar-refractivity contribution in [1.82, 2.24) is 4.98 Å². The van der Waals surface area contributed by atoms with Crippen LogP contribution in [0.3, 0.4) is 0 Å². The third-order valence-electron chi connectivity index (χ3n) is 2.49. The van der Waals surface area contributed by atoms with Crippen LogP contribution in [0.25, 0.3) is 0 Å². The molecule has 2 N–H and O–H groups in total. The van der Waals surface area contributed by atoms with Gasteiger partial charge in [-0.25, -0.2) is 9.37 Å². The summed E-state index contributed by atoms with van der Waals surface area (Å²) in [5.41, 5.74) is 5.43. The highest BCUT2D eigenvalue weighted by Gasteiger charge is 2.47. The third kappa shape index (κ3) is 1.89. The number of anilines is 2. The summed E-state index contributed by atoms with van der Waals surface area (Å²) in [6.07, 6.45) is -3.00. The van der Waals surface area contributed by atoms with E-state index in [4.69, 9.17) is 5.73 Å². The molecule has 1 aliphatic heterocycles. The van der Waals surface area contributed by atoms with Crippen LogP contribution in [-0.2, 0) is 0 Å². The second kappa shape index (κ2) is 3.50. The van der Waals surface area contributed by atoms with Gasteiger partial charge in [-0.05, 0) is 0 Å². The van der Waals surface area contributed by atoms with Gasteiger partial charge in [0.05, 0.1) is 17.8 Å². The molecule has 0 bridgehead atoms. The van der Waals surface area contributed by atoms with Crippen LogP contribution in [0, 0.1) is 11.7 Å². The Bertz CT molecular complexity index is 398. The molecule has 1 aliphatic rings. The first-order valence-electron chi connectivity index (χ1n) is 4.60. The van der Waals surface area contributed by atoms with Crippen LogP contribution in [0.15, 0.2) is 12.3 Å². The fourth-order valence-electron chi connectivity index (χ4n) is 1.54. The fraction of sp³-hybridized carbons (Fsp3) is 0.444. The summed E-state index contributed by atoms with van der Waals surface area (Å²) in [6, 6.07) is 1.04. The molecule has 1 aromatic rings. The number of nitrogens with zero attached hydrogens (tertiary/aromatic N) is 2. The van der Waals surface area contributed by atoms with Crippen molar-refractivity contribution in [2.75, 3.05) is 23.7 Å². The Labute approximate surface area is 88.9 Å². The Hall–Kier alpha value is -1.53. The monoisotopic (exact) mass is 235 g/mol. The molecule has 1 aromatic heterocycles. The van der Waals surface area contributed by atoms with Crippen molar-refractivity contribution in [2.24, 2.45) is 5.92 Å². The summed E-state index contributed by atoms with van der Waals surface area (Å²) in [6.45, 7) is -0.505. The topological polar surface area (TPSA) is 42.1 Å². The highest BCUT2D eigenvalue weighted by atomic mass is 19.4. The standard InChI is InChI=1S/C9H9F4N3/c10-7-1-6(14)2-15-8(7)16-3-5(4-16)9(11,12)13/h1-2,5H,3-4,14H2. The Kier molecular flexibility index (Phi) is 2.40. The van der Waals surface area contributed by atoms with Crippen molar-refractivity contribution >= 4 is 11.5 Å². The molecule has 3 nitrogen and oxygen atoms in total. The number of pyridine rings is 1. The second-order valence-electron chi connectivity index (χ2n) is 3.72. The molecule has 7 heteroatoms. The first-order chi connectivity index (χ1) is 7.38. The lowest BCUT2D eigenvalue weighted by molar-refractivity contribution is -0.180. The summed E-state index contributed by atoms with van der Waals surface area (Å²) in [5.74, 6) is -2.17. The number of nitrogen functional groups attached to an aromatic ring is 1. The normalized spacial score (nSPS) is 17.4. The van der Waals surface area contributed by atoms with Crippen molar-refractivity contribution in [3.05, 3.63) is 18.1 Å². The smallest absolute Gasteiger partial charge is 0.395 e. The quantitative estimate of drug-likeness (QED) is 0.755. The Morgan fingerprint density at radius 2 is 2.00 bits per heavy atom. The van der Waals surface area contributed by atoms with Gasteiger partial charge in [0.1, 0.15) is 0 Å². The minimum atomic E-state index is -4.22. The number of hydrogen-bond acceptors (Lipinski definition) is 3. The number of hydrogen-bond donors (Lipinski definition) is 1. The minimum absolute atomic E-state index is 0.0744. The van der Waals surface area contributed by atoms with E-state index >= 15 is 0 Å². The van der Waals surface area contributed by atoms with Crippen molar-refractivity contribution in [1.29, 1.82) is 0 Å². The third-order valence-corrected chi connectivity index (χ3v) is 2.49. The average Bonchev–Trinajstić information content (AvgIpc) is 2.03. The molecule has 0 atom stereocenters. The van der Waals surface area contributed by atoms with Crippen LogP contribution in [0.1, 0.15) is 0 Å². The number of aromatic nitrogens is 1. The molecular formula is C9H9F4N3. The number of alkyl halides is 3. The molecule has 1 saturated heterocycles. The van der Waals surface area contributed by atoms with Gasteiger partial charge in [-0.1, -0.05) is 0 Å². The molecule has 0 unspecified atom stereocenters. The van der Waals surface area contributed by atoms with E-state index in [-0.39, 0.29) is 24.6 Å². The van der Waals surface area contributed by atoms with E-state index in [1.54, 1.807) is 0 Å². The maximum Gasteiger partial charge on any atom is 0.395 e. The Balaban J connectivity index is 2.07. The zero-order valence-corrected chi connectivity index (χ0v) is 8.13. The van der Waals surface area contributed by atoms with Crippen LogP contribution < -0.4 is 10.6 Å². The van der Waals surface area contributed by atoms with Gasteiger partial charge in [0, 0.05) is 19.2 Å². The molecule has 16 heavy (non-hydrogen) atoms. The molecule has 0 amide bonds. The lowest BCUT2D eigenvalue weighted by Gasteiger charge is -2.40. The average molecular weight is 235 g/mol. The van der Waals surface area contributed by atoms with Crippen molar-refractivity contribution < 1.29 is 17.6 Å². The van der Waals surface area contributed by atoms with E-state index in [0.717, 1.165) is 6.07 Å². The van der Waals surface area contributed by atoms with E-state index in [9.17, 15) is 17.6 Å². The lowest BCUT2D eigenvalue weighted by atomic mass is 10.00. The summed E-state index contributed by atoms with van der Waals surface area (Å²) < 4.78 is 49.9. The maximum absolute atomic E-state index is 13.3. The summed E-state index contributed by atoms with van der Waals surface area (Å²) >= 11 is 0. The number of rotatable bonds is 1. The lowest BCUT2D eigenvalue weighted by Crippen LogP contribution is -2.54. The molecule has 88 valence electrons. The van der Waals surface area contributed by atoms with Crippen LogP contribution in [-0.4, -0.2) is 24.2 Å². The van der Waals surface area contributed by atoms with E-state index in [2.05, 4.69) is 4.98 Å².